The van der Waals surface area contributed by atoms with Gasteiger partial charge in [0.1, 0.15) is 6.20 Å². The molecule has 0 atom stereocenters. The Bertz CT molecular complexity index is 451. The number of nitrogens with zero attached hydrogens (tertiary/aromatic N) is 3. The number of rotatable bonds is 7. The number of hydrogen-bond donors (Lipinski definition) is 3. The maximum absolute atomic E-state index is 10.9. The molecule has 0 saturated carbocycles. The SMILES string of the molecule is CCOC(C)(C)CNc1nc(NN)ncc1[N+](=O)[O-]. The van der Waals surface area contributed by atoms with Crippen LogP contribution in [-0.2, 0) is 4.74 Å². The van der Waals surface area contributed by atoms with Crippen LogP contribution < -0.4 is 16.6 Å². The van der Waals surface area contributed by atoms with E-state index >= 15 is 0 Å². The number of nitrogen functional groups attached to an aromatic ring is 1. The average molecular weight is 270 g/mol. The fraction of sp³-hybridized carbons (Fsp3) is 0.600. The van der Waals surface area contributed by atoms with Crippen molar-refractivity contribution in [3.8, 4) is 0 Å². The first-order valence-corrected chi connectivity index (χ1v) is 5.75. The van der Waals surface area contributed by atoms with E-state index in [1.54, 1.807) is 0 Å². The zero-order chi connectivity index (χ0) is 14.5. The number of hydrazine groups is 1. The van der Waals surface area contributed by atoms with Crippen molar-refractivity contribution in [3.05, 3.63) is 16.3 Å². The molecule has 0 saturated heterocycles. The molecule has 0 aliphatic rings. The maximum atomic E-state index is 10.9. The number of nitrogens with two attached hydrogens (primary N) is 1. The van der Waals surface area contributed by atoms with E-state index in [2.05, 4.69) is 20.7 Å². The average Bonchev–Trinajstić information content (AvgIpc) is 2.35. The highest BCUT2D eigenvalue weighted by Crippen LogP contribution is 2.22. The van der Waals surface area contributed by atoms with Gasteiger partial charge in [0.15, 0.2) is 0 Å². The molecule has 0 radical (unpaired) electrons. The third-order valence-electron chi connectivity index (χ3n) is 2.31. The van der Waals surface area contributed by atoms with Gasteiger partial charge >= 0.3 is 5.69 Å². The van der Waals surface area contributed by atoms with Gasteiger partial charge in [0.25, 0.3) is 0 Å². The summed E-state index contributed by atoms with van der Waals surface area (Å²) in [5.74, 6) is 5.37. The number of ether oxygens (including phenoxy) is 1. The smallest absolute Gasteiger partial charge is 0.329 e. The summed E-state index contributed by atoms with van der Waals surface area (Å²) in [7, 11) is 0. The van der Waals surface area contributed by atoms with Crippen molar-refractivity contribution in [2.24, 2.45) is 5.84 Å². The van der Waals surface area contributed by atoms with Gasteiger partial charge in [-0.25, -0.2) is 10.8 Å². The topological polar surface area (TPSA) is 128 Å². The van der Waals surface area contributed by atoms with Crippen LogP contribution in [0.4, 0.5) is 17.5 Å². The monoisotopic (exact) mass is 270 g/mol. The van der Waals surface area contributed by atoms with Crippen molar-refractivity contribution in [2.75, 3.05) is 23.9 Å². The normalized spacial score (nSPS) is 11.2. The fourth-order valence-electron chi connectivity index (χ4n) is 1.45. The standard InChI is InChI=1S/C10H18N6O3/c1-4-19-10(2,3)6-13-8-7(16(17)18)5-12-9(14-8)15-11/h5H,4,6,11H2,1-3H3,(H2,12,13,14,15). The van der Waals surface area contributed by atoms with Crippen LogP contribution in [0.5, 0.6) is 0 Å². The molecule has 9 heteroatoms. The molecule has 106 valence electrons. The molecule has 0 spiro atoms. The minimum absolute atomic E-state index is 0.0979. The lowest BCUT2D eigenvalue weighted by molar-refractivity contribution is -0.384. The molecule has 0 aliphatic carbocycles. The molecule has 1 rings (SSSR count). The Labute approximate surface area is 110 Å². The van der Waals surface area contributed by atoms with Crippen molar-refractivity contribution < 1.29 is 9.66 Å². The van der Waals surface area contributed by atoms with Crippen LogP contribution in [0.1, 0.15) is 20.8 Å². The summed E-state index contributed by atoms with van der Waals surface area (Å²) in [4.78, 5) is 17.9. The van der Waals surface area contributed by atoms with Gasteiger partial charge in [-0.2, -0.15) is 4.98 Å². The highest BCUT2D eigenvalue weighted by atomic mass is 16.6. The lowest BCUT2D eigenvalue weighted by Gasteiger charge is -2.25. The third-order valence-corrected chi connectivity index (χ3v) is 2.31. The second-order valence-corrected chi connectivity index (χ2v) is 4.38. The Morgan fingerprint density at radius 2 is 2.26 bits per heavy atom. The fourth-order valence-corrected chi connectivity index (χ4v) is 1.45. The summed E-state index contributed by atoms with van der Waals surface area (Å²) in [6.07, 6.45) is 1.10. The van der Waals surface area contributed by atoms with E-state index in [4.69, 9.17) is 10.6 Å². The van der Waals surface area contributed by atoms with E-state index in [0.29, 0.717) is 13.2 Å². The third kappa shape index (κ3) is 4.30. The highest BCUT2D eigenvalue weighted by Gasteiger charge is 2.22. The quantitative estimate of drug-likeness (QED) is 0.378. The molecular formula is C10H18N6O3. The molecule has 1 aromatic heterocycles. The van der Waals surface area contributed by atoms with E-state index in [9.17, 15) is 10.1 Å². The Balaban J connectivity index is 2.89. The summed E-state index contributed by atoms with van der Waals surface area (Å²) in [5.41, 5.74) is 1.55. The maximum Gasteiger partial charge on any atom is 0.329 e. The molecule has 0 amide bonds. The van der Waals surface area contributed by atoms with Gasteiger partial charge in [-0.3, -0.25) is 15.5 Å². The van der Waals surface area contributed by atoms with E-state index < -0.39 is 10.5 Å². The van der Waals surface area contributed by atoms with Gasteiger partial charge in [0, 0.05) is 13.2 Å². The number of nitro groups is 1. The lowest BCUT2D eigenvalue weighted by atomic mass is 10.1. The zero-order valence-corrected chi connectivity index (χ0v) is 11.1. The van der Waals surface area contributed by atoms with Gasteiger partial charge in [-0.1, -0.05) is 0 Å². The molecular weight excluding hydrogens is 252 g/mol. The van der Waals surface area contributed by atoms with E-state index in [0.717, 1.165) is 6.20 Å². The van der Waals surface area contributed by atoms with Gasteiger partial charge in [0.2, 0.25) is 11.8 Å². The summed E-state index contributed by atoms with van der Waals surface area (Å²) in [6, 6.07) is 0. The van der Waals surface area contributed by atoms with E-state index in [1.807, 2.05) is 20.8 Å². The molecule has 9 nitrogen and oxygen atoms in total. The predicted octanol–water partition coefficient (Wildman–Crippen LogP) is 0.897. The van der Waals surface area contributed by atoms with Crippen LogP contribution in [0.3, 0.4) is 0 Å². The Morgan fingerprint density at radius 3 is 2.79 bits per heavy atom. The lowest BCUT2D eigenvalue weighted by Crippen LogP contribution is -2.33. The van der Waals surface area contributed by atoms with Gasteiger partial charge in [-0.15, -0.1) is 0 Å². The molecule has 0 fully saturated rings. The Morgan fingerprint density at radius 1 is 1.58 bits per heavy atom. The Hall–Kier alpha value is -2.00. The first kappa shape index (κ1) is 15.1. The van der Waals surface area contributed by atoms with Crippen molar-refractivity contribution in [1.82, 2.24) is 9.97 Å². The minimum Gasteiger partial charge on any atom is -0.374 e. The van der Waals surface area contributed by atoms with Crippen molar-refractivity contribution in [1.29, 1.82) is 0 Å². The summed E-state index contributed by atoms with van der Waals surface area (Å²) in [6.45, 7) is 6.54. The molecule has 1 aromatic rings. The van der Waals surface area contributed by atoms with E-state index in [1.165, 1.54) is 0 Å². The van der Waals surface area contributed by atoms with Crippen molar-refractivity contribution in [3.63, 3.8) is 0 Å². The van der Waals surface area contributed by atoms with Crippen LogP contribution in [0.25, 0.3) is 0 Å². The summed E-state index contributed by atoms with van der Waals surface area (Å²) >= 11 is 0. The number of nitrogens with one attached hydrogen (secondary N) is 2. The number of aromatic nitrogens is 2. The molecule has 0 unspecified atom stereocenters. The molecule has 0 aliphatic heterocycles. The highest BCUT2D eigenvalue weighted by molar-refractivity contribution is 5.56. The second-order valence-electron chi connectivity index (χ2n) is 4.38. The molecule has 0 bridgehead atoms. The van der Waals surface area contributed by atoms with Crippen LogP contribution in [0, 0.1) is 10.1 Å². The van der Waals surface area contributed by atoms with Gasteiger partial charge < -0.3 is 10.1 Å². The van der Waals surface area contributed by atoms with Crippen molar-refractivity contribution >= 4 is 17.5 Å². The van der Waals surface area contributed by atoms with Crippen molar-refractivity contribution in [2.45, 2.75) is 26.4 Å². The Kier molecular flexibility index (Phi) is 4.95. The number of anilines is 2. The van der Waals surface area contributed by atoms with E-state index in [-0.39, 0.29) is 17.5 Å². The molecule has 4 N–H and O–H groups in total. The molecule has 0 aromatic carbocycles. The van der Waals surface area contributed by atoms with Crippen LogP contribution >= 0.6 is 0 Å². The molecule has 19 heavy (non-hydrogen) atoms. The minimum atomic E-state index is -0.559. The number of hydrogen-bond acceptors (Lipinski definition) is 8. The van der Waals surface area contributed by atoms with Gasteiger partial charge in [-0.05, 0) is 20.8 Å². The largest absolute Gasteiger partial charge is 0.374 e. The summed E-state index contributed by atoms with van der Waals surface area (Å²) in [5, 5.41) is 13.8. The predicted molar refractivity (Wildman–Crippen MR) is 70.7 cm³/mol. The summed E-state index contributed by atoms with van der Waals surface area (Å²) < 4.78 is 5.49. The van der Waals surface area contributed by atoms with Gasteiger partial charge in [0.05, 0.1) is 10.5 Å². The first-order chi connectivity index (χ1) is 8.89. The molecule has 1 heterocycles. The zero-order valence-electron chi connectivity index (χ0n) is 11.1. The second kappa shape index (κ2) is 6.25. The van der Waals surface area contributed by atoms with Crippen LogP contribution in [-0.4, -0.2) is 33.6 Å². The van der Waals surface area contributed by atoms with Crippen LogP contribution in [0.2, 0.25) is 0 Å². The van der Waals surface area contributed by atoms with Crippen LogP contribution in [0.15, 0.2) is 6.20 Å². The first-order valence-electron chi connectivity index (χ1n) is 5.75.